The van der Waals surface area contributed by atoms with Gasteiger partial charge >= 0.3 is 0 Å². The Bertz CT molecular complexity index is 1190. The van der Waals surface area contributed by atoms with E-state index < -0.39 is 47.6 Å². The number of fused-ring (bicyclic) bond motifs is 1. The average molecular weight is 446 g/mol. The molecule has 2 aromatic carbocycles. The lowest BCUT2D eigenvalue weighted by molar-refractivity contribution is -0.268. The largest absolute Gasteiger partial charge is 0.508 e. The minimum Gasteiger partial charge on any atom is -0.508 e. The highest BCUT2D eigenvalue weighted by Gasteiger charge is 2.44. The summed E-state index contributed by atoms with van der Waals surface area (Å²) in [5, 5.41) is 50.1. The molecule has 2 heterocycles. The molecule has 3 aromatic rings. The number of ether oxygens (including phenoxy) is 3. The molecule has 0 spiro atoms. The van der Waals surface area contributed by atoms with Gasteiger partial charge in [-0.15, -0.1) is 0 Å². The highest BCUT2D eigenvalue weighted by Crippen LogP contribution is 2.37. The highest BCUT2D eigenvalue weighted by molar-refractivity contribution is 5.88. The number of benzene rings is 2. The molecule has 1 aliphatic rings. The zero-order valence-corrected chi connectivity index (χ0v) is 17.1. The normalized spacial score (nSPS) is 25.6. The van der Waals surface area contributed by atoms with Gasteiger partial charge in [-0.25, -0.2) is 0 Å². The van der Waals surface area contributed by atoms with Gasteiger partial charge in [-0.05, 0) is 31.2 Å². The summed E-state index contributed by atoms with van der Waals surface area (Å²) in [5.41, 5.74) is -0.409. The molecule has 1 aliphatic heterocycles. The van der Waals surface area contributed by atoms with Gasteiger partial charge in [-0.3, -0.25) is 4.79 Å². The Hall–Kier alpha value is -3.31. The van der Waals surface area contributed by atoms with Crippen molar-refractivity contribution in [3.8, 4) is 34.3 Å². The van der Waals surface area contributed by atoms with Crippen LogP contribution >= 0.6 is 0 Å². The van der Waals surface area contributed by atoms with Crippen LogP contribution in [0.25, 0.3) is 22.3 Å². The van der Waals surface area contributed by atoms with E-state index in [1.165, 1.54) is 50.4 Å². The Morgan fingerprint density at radius 3 is 2.31 bits per heavy atom. The summed E-state index contributed by atoms with van der Waals surface area (Å²) in [6, 6.07) is 8.36. The van der Waals surface area contributed by atoms with Gasteiger partial charge in [0.05, 0.1) is 13.2 Å². The number of hydrogen-bond donors (Lipinski definition) is 5. The van der Waals surface area contributed by atoms with Crippen LogP contribution in [0, 0.1) is 0 Å². The maximum atomic E-state index is 13.3. The van der Waals surface area contributed by atoms with Crippen molar-refractivity contribution >= 4 is 11.0 Å². The van der Waals surface area contributed by atoms with Crippen molar-refractivity contribution in [2.24, 2.45) is 0 Å². The van der Waals surface area contributed by atoms with E-state index in [9.17, 15) is 30.3 Å². The van der Waals surface area contributed by atoms with Crippen LogP contribution in [0.5, 0.6) is 23.0 Å². The van der Waals surface area contributed by atoms with E-state index in [2.05, 4.69) is 0 Å². The summed E-state index contributed by atoms with van der Waals surface area (Å²) in [6.07, 6.45) is -7.02. The molecule has 32 heavy (non-hydrogen) atoms. The molecule has 4 rings (SSSR count). The van der Waals surface area contributed by atoms with Crippen LogP contribution in [0.3, 0.4) is 0 Å². The number of aliphatic hydroxyl groups is 3. The monoisotopic (exact) mass is 446 g/mol. The van der Waals surface area contributed by atoms with E-state index in [4.69, 9.17) is 18.6 Å². The fourth-order valence-electron chi connectivity index (χ4n) is 3.51. The van der Waals surface area contributed by atoms with E-state index in [0.717, 1.165) is 0 Å². The van der Waals surface area contributed by atoms with Crippen molar-refractivity contribution in [3.63, 3.8) is 0 Å². The second-order valence-electron chi connectivity index (χ2n) is 7.46. The van der Waals surface area contributed by atoms with Crippen molar-refractivity contribution in [2.75, 3.05) is 7.11 Å². The third-order valence-corrected chi connectivity index (χ3v) is 5.31. The lowest BCUT2D eigenvalue weighted by Crippen LogP contribution is -2.58. The lowest BCUT2D eigenvalue weighted by Gasteiger charge is -2.38. The van der Waals surface area contributed by atoms with Gasteiger partial charge in [-0.2, -0.15) is 0 Å². The van der Waals surface area contributed by atoms with Gasteiger partial charge < -0.3 is 44.2 Å². The molecule has 0 amide bonds. The molecule has 5 N–H and O–H groups in total. The first-order chi connectivity index (χ1) is 15.2. The summed E-state index contributed by atoms with van der Waals surface area (Å²) in [4.78, 5) is 13.3. The highest BCUT2D eigenvalue weighted by atomic mass is 16.7. The van der Waals surface area contributed by atoms with Gasteiger partial charge in [-0.1, -0.05) is 0 Å². The zero-order chi connectivity index (χ0) is 23.2. The molecule has 0 saturated carbocycles. The number of aliphatic hydroxyl groups excluding tert-OH is 3. The second kappa shape index (κ2) is 8.32. The van der Waals surface area contributed by atoms with Gasteiger partial charge in [0.25, 0.3) is 0 Å². The van der Waals surface area contributed by atoms with E-state index in [1.54, 1.807) is 0 Å². The zero-order valence-electron chi connectivity index (χ0n) is 17.1. The van der Waals surface area contributed by atoms with Crippen molar-refractivity contribution in [1.29, 1.82) is 0 Å². The standard InChI is InChI=1S/C22H22O10/c1-9-16(25)18(27)19(28)22(30-9)32-21-17(26)15-13(24)7-12(29-2)8-14(15)31-20(21)10-3-5-11(23)6-4-10/h3-9,16,18-19,22-25,27-28H,1-2H3. The first kappa shape index (κ1) is 21.9. The molecule has 0 radical (unpaired) electrons. The molecule has 10 heteroatoms. The topological polar surface area (TPSA) is 159 Å². The van der Waals surface area contributed by atoms with Crippen molar-refractivity contribution < 1.29 is 44.2 Å². The summed E-state index contributed by atoms with van der Waals surface area (Å²) in [5.74, 6) is -0.650. The molecule has 5 atom stereocenters. The van der Waals surface area contributed by atoms with Crippen molar-refractivity contribution in [2.45, 2.75) is 37.6 Å². The fourth-order valence-corrected chi connectivity index (χ4v) is 3.51. The van der Waals surface area contributed by atoms with E-state index in [1.807, 2.05) is 0 Å². The summed E-state index contributed by atoms with van der Waals surface area (Å²) >= 11 is 0. The summed E-state index contributed by atoms with van der Waals surface area (Å²) in [6.45, 7) is 1.47. The Morgan fingerprint density at radius 2 is 1.66 bits per heavy atom. The Kier molecular flexibility index (Phi) is 5.70. The SMILES string of the molecule is COc1cc(O)c2c(=O)c(OC3OC(C)C(O)C(O)C3O)c(-c3ccc(O)cc3)oc2c1. The Labute approximate surface area is 181 Å². The van der Waals surface area contributed by atoms with Crippen LogP contribution in [0.4, 0.5) is 0 Å². The predicted octanol–water partition coefficient (Wildman–Crippen LogP) is 1.09. The van der Waals surface area contributed by atoms with Crippen molar-refractivity contribution in [1.82, 2.24) is 0 Å². The molecule has 5 unspecified atom stereocenters. The van der Waals surface area contributed by atoms with E-state index in [-0.39, 0.29) is 28.2 Å². The molecular weight excluding hydrogens is 424 g/mol. The fraction of sp³-hybridized carbons (Fsp3) is 0.318. The summed E-state index contributed by atoms with van der Waals surface area (Å²) < 4.78 is 22.1. The van der Waals surface area contributed by atoms with Gasteiger partial charge in [0.1, 0.15) is 46.5 Å². The lowest BCUT2D eigenvalue weighted by atomic mass is 10.00. The van der Waals surface area contributed by atoms with Crippen LogP contribution < -0.4 is 14.9 Å². The van der Waals surface area contributed by atoms with Gasteiger partial charge in [0, 0.05) is 17.7 Å². The second-order valence-corrected chi connectivity index (χ2v) is 7.46. The smallest absolute Gasteiger partial charge is 0.239 e. The van der Waals surface area contributed by atoms with Gasteiger partial charge in [0.15, 0.2) is 5.76 Å². The first-order valence-electron chi connectivity index (χ1n) is 9.74. The molecule has 10 nitrogen and oxygen atoms in total. The van der Waals surface area contributed by atoms with E-state index >= 15 is 0 Å². The van der Waals surface area contributed by atoms with Crippen molar-refractivity contribution in [3.05, 3.63) is 46.6 Å². The number of phenols is 2. The first-order valence-corrected chi connectivity index (χ1v) is 9.74. The molecule has 1 saturated heterocycles. The quantitative estimate of drug-likeness (QED) is 0.393. The molecule has 1 fully saturated rings. The molecule has 0 bridgehead atoms. The number of hydrogen-bond acceptors (Lipinski definition) is 10. The molecule has 170 valence electrons. The maximum Gasteiger partial charge on any atom is 0.239 e. The van der Waals surface area contributed by atoms with E-state index in [0.29, 0.717) is 5.56 Å². The minimum absolute atomic E-state index is 0.0104. The average Bonchev–Trinajstić information content (AvgIpc) is 2.77. The van der Waals surface area contributed by atoms with Crippen LogP contribution in [-0.2, 0) is 4.74 Å². The molecule has 1 aromatic heterocycles. The Morgan fingerprint density at radius 1 is 0.969 bits per heavy atom. The number of methoxy groups -OCH3 is 1. The van der Waals surface area contributed by atoms with Crippen LogP contribution in [0.1, 0.15) is 6.92 Å². The molecular formula is C22H22O10. The minimum atomic E-state index is -1.67. The van der Waals surface area contributed by atoms with Gasteiger partial charge in [0.2, 0.25) is 17.5 Å². The number of rotatable bonds is 4. The number of aromatic hydroxyl groups is 2. The van der Waals surface area contributed by atoms with Crippen LogP contribution in [0.15, 0.2) is 45.6 Å². The third-order valence-electron chi connectivity index (χ3n) is 5.31. The Balaban J connectivity index is 1.90. The van der Waals surface area contributed by atoms with Crippen LogP contribution in [-0.4, -0.2) is 63.3 Å². The third kappa shape index (κ3) is 3.73. The van der Waals surface area contributed by atoms with Crippen LogP contribution in [0.2, 0.25) is 0 Å². The molecule has 0 aliphatic carbocycles. The predicted molar refractivity (Wildman–Crippen MR) is 111 cm³/mol. The maximum absolute atomic E-state index is 13.3. The number of phenolic OH excluding ortho intramolecular Hbond substituents is 2. The summed E-state index contributed by atoms with van der Waals surface area (Å²) in [7, 11) is 1.39.